The molecule has 0 bridgehead atoms. The molecule has 0 heterocycles. The van der Waals surface area contributed by atoms with E-state index in [9.17, 15) is 4.79 Å². The zero-order valence-corrected chi connectivity index (χ0v) is 10.6. The second-order valence-corrected chi connectivity index (χ2v) is 4.16. The summed E-state index contributed by atoms with van der Waals surface area (Å²) in [6, 6.07) is 5.56. The maximum Gasteiger partial charge on any atom is 0.302 e. The number of rotatable bonds is 4. The van der Waals surface area contributed by atoms with Crippen LogP contribution in [0.3, 0.4) is 0 Å². The van der Waals surface area contributed by atoms with Gasteiger partial charge in [0.2, 0.25) is 0 Å². The van der Waals surface area contributed by atoms with Crippen molar-refractivity contribution in [3.63, 3.8) is 0 Å². The topological polar surface area (TPSA) is 38.3 Å². The number of anilines is 1. The Hall–Kier alpha value is -0.740. The summed E-state index contributed by atoms with van der Waals surface area (Å²) in [6.45, 7) is 2.30. The Kier molecular flexibility index (Phi) is 4.91. The molecule has 1 aromatic rings. The fourth-order valence-corrected chi connectivity index (χ4v) is 1.42. The zero-order valence-electron chi connectivity index (χ0n) is 8.22. The number of halogens is 2. The third kappa shape index (κ3) is 4.53. The molecule has 0 radical (unpaired) electrons. The van der Waals surface area contributed by atoms with Gasteiger partial charge in [-0.2, -0.15) is 0 Å². The quantitative estimate of drug-likeness (QED) is 0.684. The molecule has 0 aliphatic heterocycles. The van der Waals surface area contributed by atoms with E-state index in [1.165, 1.54) is 6.92 Å². The van der Waals surface area contributed by atoms with Gasteiger partial charge >= 0.3 is 5.97 Å². The molecule has 1 rings (SSSR count). The first-order valence-corrected chi connectivity index (χ1v) is 5.59. The average Bonchev–Trinajstić information content (AvgIpc) is 2.18. The van der Waals surface area contributed by atoms with Crippen molar-refractivity contribution in [1.29, 1.82) is 0 Å². The molecule has 15 heavy (non-hydrogen) atoms. The Labute approximate surface area is 102 Å². The number of nitrogens with one attached hydrogen (secondary N) is 1. The Balaban J connectivity index is 2.38. The van der Waals surface area contributed by atoms with E-state index in [1.807, 2.05) is 12.1 Å². The van der Waals surface area contributed by atoms with E-state index in [4.69, 9.17) is 16.3 Å². The summed E-state index contributed by atoms with van der Waals surface area (Å²) in [7, 11) is 0. The van der Waals surface area contributed by atoms with E-state index in [-0.39, 0.29) is 5.97 Å². The van der Waals surface area contributed by atoms with Gasteiger partial charge in [0.1, 0.15) is 6.61 Å². The largest absolute Gasteiger partial charge is 0.464 e. The van der Waals surface area contributed by atoms with Crippen LogP contribution in [0.4, 0.5) is 5.69 Å². The third-order valence-corrected chi connectivity index (χ3v) is 2.89. The van der Waals surface area contributed by atoms with Gasteiger partial charge in [0.05, 0.1) is 5.02 Å². The Morgan fingerprint density at radius 1 is 1.60 bits per heavy atom. The van der Waals surface area contributed by atoms with E-state index >= 15 is 0 Å². The van der Waals surface area contributed by atoms with Crippen molar-refractivity contribution in [2.75, 3.05) is 18.5 Å². The van der Waals surface area contributed by atoms with Crippen LogP contribution >= 0.6 is 27.5 Å². The minimum absolute atomic E-state index is 0.273. The van der Waals surface area contributed by atoms with Crippen LogP contribution in [0.25, 0.3) is 0 Å². The van der Waals surface area contributed by atoms with Gasteiger partial charge in [-0.1, -0.05) is 11.6 Å². The first-order chi connectivity index (χ1) is 7.09. The van der Waals surface area contributed by atoms with E-state index in [1.54, 1.807) is 6.07 Å². The van der Waals surface area contributed by atoms with Crippen molar-refractivity contribution < 1.29 is 9.53 Å². The van der Waals surface area contributed by atoms with Crippen LogP contribution in [0, 0.1) is 0 Å². The molecule has 0 fully saturated rings. The van der Waals surface area contributed by atoms with Crippen LogP contribution in [0.2, 0.25) is 5.02 Å². The maximum absolute atomic E-state index is 10.5. The van der Waals surface area contributed by atoms with Crippen LogP contribution in [-0.2, 0) is 9.53 Å². The molecule has 0 aromatic heterocycles. The van der Waals surface area contributed by atoms with Gasteiger partial charge in [-0.3, -0.25) is 4.79 Å². The normalized spacial score (nSPS) is 9.80. The van der Waals surface area contributed by atoms with E-state index in [0.29, 0.717) is 18.2 Å². The van der Waals surface area contributed by atoms with E-state index in [0.717, 1.165) is 10.2 Å². The fourth-order valence-electron chi connectivity index (χ4n) is 0.996. The number of ether oxygens (including phenoxy) is 1. The van der Waals surface area contributed by atoms with Crippen LogP contribution in [0.5, 0.6) is 0 Å². The second-order valence-electron chi connectivity index (χ2n) is 2.90. The number of hydrogen-bond acceptors (Lipinski definition) is 3. The minimum Gasteiger partial charge on any atom is -0.464 e. The lowest BCUT2D eigenvalue weighted by Gasteiger charge is -2.07. The molecular weight excluding hydrogens is 281 g/mol. The molecule has 0 atom stereocenters. The summed E-state index contributed by atoms with van der Waals surface area (Å²) in [6.07, 6.45) is 0. The Morgan fingerprint density at radius 2 is 2.33 bits per heavy atom. The Morgan fingerprint density at radius 3 is 2.93 bits per heavy atom. The van der Waals surface area contributed by atoms with Gasteiger partial charge in [-0.15, -0.1) is 0 Å². The van der Waals surface area contributed by atoms with E-state index < -0.39 is 0 Å². The first kappa shape index (κ1) is 12.3. The SMILES string of the molecule is CC(=O)OCCNc1ccc(Br)c(Cl)c1. The van der Waals surface area contributed by atoms with Crippen molar-refractivity contribution in [3.8, 4) is 0 Å². The zero-order chi connectivity index (χ0) is 11.3. The predicted molar refractivity (Wildman–Crippen MR) is 64.3 cm³/mol. The van der Waals surface area contributed by atoms with Crippen molar-refractivity contribution in [3.05, 3.63) is 27.7 Å². The molecule has 0 spiro atoms. The van der Waals surface area contributed by atoms with Crippen molar-refractivity contribution in [2.24, 2.45) is 0 Å². The molecule has 82 valence electrons. The molecule has 0 amide bonds. The maximum atomic E-state index is 10.5. The lowest BCUT2D eigenvalue weighted by Crippen LogP contribution is -2.11. The molecule has 1 aromatic carbocycles. The van der Waals surface area contributed by atoms with Gasteiger partial charge in [0.15, 0.2) is 0 Å². The number of benzene rings is 1. The highest BCUT2D eigenvalue weighted by Gasteiger charge is 1.98. The van der Waals surface area contributed by atoms with Crippen molar-refractivity contribution in [2.45, 2.75) is 6.92 Å². The molecule has 3 nitrogen and oxygen atoms in total. The molecule has 5 heteroatoms. The van der Waals surface area contributed by atoms with Crippen LogP contribution in [-0.4, -0.2) is 19.1 Å². The van der Waals surface area contributed by atoms with Crippen LogP contribution < -0.4 is 5.32 Å². The molecular formula is C10H11BrClNO2. The smallest absolute Gasteiger partial charge is 0.302 e. The third-order valence-electron chi connectivity index (χ3n) is 1.66. The molecule has 0 aliphatic carbocycles. The molecule has 1 N–H and O–H groups in total. The number of carbonyl (C=O) groups excluding carboxylic acids is 1. The van der Waals surface area contributed by atoms with Crippen molar-refractivity contribution in [1.82, 2.24) is 0 Å². The summed E-state index contributed by atoms with van der Waals surface area (Å²) in [5.41, 5.74) is 0.898. The predicted octanol–water partition coefficient (Wildman–Crippen LogP) is 3.08. The van der Waals surface area contributed by atoms with Gasteiger partial charge in [-0.05, 0) is 34.1 Å². The molecule has 0 saturated heterocycles. The summed E-state index contributed by atoms with van der Waals surface area (Å²) in [5, 5.41) is 3.73. The highest BCUT2D eigenvalue weighted by atomic mass is 79.9. The first-order valence-electron chi connectivity index (χ1n) is 4.42. The lowest BCUT2D eigenvalue weighted by molar-refractivity contribution is -0.140. The molecule has 0 saturated carbocycles. The molecule has 0 aliphatic rings. The van der Waals surface area contributed by atoms with Crippen LogP contribution in [0.1, 0.15) is 6.92 Å². The lowest BCUT2D eigenvalue weighted by atomic mass is 10.3. The highest BCUT2D eigenvalue weighted by Crippen LogP contribution is 2.25. The highest BCUT2D eigenvalue weighted by molar-refractivity contribution is 9.10. The summed E-state index contributed by atoms with van der Waals surface area (Å²) >= 11 is 9.21. The van der Waals surface area contributed by atoms with Crippen molar-refractivity contribution >= 4 is 39.2 Å². The minimum atomic E-state index is -0.273. The second kappa shape index (κ2) is 5.98. The van der Waals surface area contributed by atoms with Gasteiger partial charge < -0.3 is 10.1 Å². The average molecular weight is 293 g/mol. The monoisotopic (exact) mass is 291 g/mol. The van der Waals surface area contributed by atoms with Gasteiger partial charge in [-0.25, -0.2) is 0 Å². The fraction of sp³-hybridized carbons (Fsp3) is 0.300. The van der Waals surface area contributed by atoms with Gasteiger partial charge in [0, 0.05) is 23.6 Å². The summed E-state index contributed by atoms with van der Waals surface area (Å²) < 4.78 is 5.63. The standard InChI is InChI=1S/C10H11BrClNO2/c1-7(14)15-5-4-13-8-2-3-9(11)10(12)6-8/h2-3,6,13H,4-5H2,1H3. The Bertz CT molecular complexity index is 357. The summed E-state index contributed by atoms with van der Waals surface area (Å²) in [5.74, 6) is -0.273. The van der Waals surface area contributed by atoms with E-state index in [2.05, 4.69) is 21.2 Å². The number of hydrogen-bond donors (Lipinski definition) is 1. The number of esters is 1. The molecule has 0 unspecified atom stereocenters. The number of carbonyl (C=O) groups is 1. The van der Waals surface area contributed by atoms with Gasteiger partial charge in [0.25, 0.3) is 0 Å². The van der Waals surface area contributed by atoms with Crippen LogP contribution in [0.15, 0.2) is 22.7 Å². The summed E-state index contributed by atoms with van der Waals surface area (Å²) in [4.78, 5) is 10.5.